The van der Waals surface area contributed by atoms with Crippen LogP contribution in [0, 0.1) is 6.92 Å². The Morgan fingerprint density at radius 3 is 2.82 bits per heavy atom. The van der Waals surface area contributed by atoms with Crippen LogP contribution in [-0.4, -0.2) is 29.2 Å². The molecular weight excluding hydrogens is 356 g/mol. The van der Waals surface area contributed by atoms with Gasteiger partial charge in [-0.25, -0.2) is 9.97 Å². The molecule has 0 unspecified atom stereocenters. The number of fused-ring (bicyclic) bond motifs is 1. The van der Waals surface area contributed by atoms with E-state index < -0.39 is 0 Å². The van der Waals surface area contributed by atoms with Gasteiger partial charge in [0, 0.05) is 13.0 Å². The molecule has 3 heterocycles. The van der Waals surface area contributed by atoms with Crippen molar-refractivity contribution in [1.29, 1.82) is 0 Å². The second-order valence-electron chi connectivity index (χ2n) is 7.53. The van der Waals surface area contributed by atoms with E-state index >= 15 is 0 Å². The van der Waals surface area contributed by atoms with Crippen LogP contribution in [0.4, 0.5) is 0 Å². The van der Waals surface area contributed by atoms with Crippen LogP contribution < -0.4 is 5.56 Å². The maximum absolute atomic E-state index is 12.6. The van der Waals surface area contributed by atoms with E-state index in [0.29, 0.717) is 28.9 Å². The van der Waals surface area contributed by atoms with E-state index in [2.05, 4.69) is 51.3 Å². The molecule has 5 rings (SSSR count). The van der Waals surface area contributed by atoms with Gasteiger partial charge in [0.1, 0.15) is 12.9 Å². The lowest BCUT2D eigenvalue weighted by molar-refractivity contribution is 0.315. The summed E-state index contributed by atoms with van der Waals surface area (Å²) in [6.45, 7) is 2.32. The zero-order valence-electron chi connectivity index (χ0n) is 15.7. The SMILES string of the molecule is Cc1cccc(C2CC(c3noc(Cn4cnc5ncn(C)c5c4=O)n3)C2)c1. The maximum atomic E-state index is 12.6. The lowest BCUT2D eigenvalue weighted by Gasteiger charge is -2.33. The third-order valence-electron chi connectivity index (χ3n) is 5.51. The molecule has 0 radical (unpaired) electrons. The lowest BCUT2D eigenvalue weighted by atomic mass is 9.71. The first-order chi connectivity index (χ1) is 13.6. The highest BCUT2D eigenvalue weighted by atomic mass is 16.5. The second-order valence-corrected chi connectivity index (χ2v) is 7.53. The minimum absolute atomic E-state index is 0.173. The van der Waals surface area contributed by atoms with E-state index in [1.807, 2.05) is 0 Å². The molecule has 0 atom stereocenters. The summed E-state index contributed by atoms with van der Waals surface area (Å²) in [7, 11) is 1.77. The molecule has 0 saturated heterocycles. The zero-order valence-corrected chi connectivity index (χ0v) is 15.7. The number of imidazole rings is 1. The molecule has 0 spiro atoms. The van der Waals surface area contributed by atoms with Crippen molar-refractivity contribution >= 4 is 11.2 Å². The fraction of sp³-hybridized carbons (Fsp3) is 0.350. The zero-order chi connectivity index (χ0) is 19.3. The van der Waals surface area contributed by atoms with Gasteiger partial charge in [0.2, 0.25) is 5.89 Å². The van der Waals surface area contributed by atoms with Gasteiger partial charge in [0.15, 0.2) is 17.0 Å². The van der Waals surface area contributed by atoms with Gasteiger partial charge in [-0.3, -0.25) is 9.36 Å². The van der Waals surface area contributed by atoms with Crippen molar-refractivity contribution in [3.63, 3.8) is 0 Å². The van der Waals surface area contributed by atoms with Crippen LogP contribution in [0.2, 0.25) is 0 Å². The summed E-state index contributed by atoms with van der Waals surface area (Å²) in [5.74, 6) is 1.99. The third kappa shape index (κ3) is 2.81. The summed E-state index contributed by atoms with van der Waals surface area (Å²) in [5.41, 5.74) is 3.39. The second kappa shape index (κ2) is 6.40. The summed E-state index contributed by atoms with van der Waals surface area (Å²) in [5, 5.41) is 4.14. The van der Waals surface area contributed by atoms with Crippen molar-refractivity contribution in [2.24, 2.45) is 7.05 Å². The Hall–Kier alpha value is -3.29. The molecule has 1 aliphatic rings. The fourth-order valence-corrected chi connectivity index (χ4v) is 3.85. The molecular formula is C20H20N6O2. The first-order valence-corrected chi connectivity index (χ1v) is 9.34. The van der Waals surface area contributed by atoms with E-state index in [1.54, 1.807) is 17.9 Å². The van der Waals surface area contributed by atoms with Crippen LogP contribution in [0.5, 0.6) is 0 Å². The number of benzene rings is 1. The van der Waals surface area contributed by atoms with Crippen molar-refractivity contribution in [2.75, 3.05) is 0 Å². The van der Waals surface area contributed by atoms with Crippen LogP contribution in [0.25, 0.3) is 11.2 Å². The molecule has 0 bridgehead atoms. The van der Waals surface area contributed by atoms with Crippen LogP contribution >= 0.6 is 0 Å². The molecule has 0 aliphatic heterocycles. The van der Waals surface area contributed by atoms with Crippen LogP contribution in [0.3, 0.4) is 0 Å². The standard InChI is InChI=1S/C20H20N6O2/c1-12-4-3-5-13(6-12)14-7-15(8-14)18-23-16(28-24-18)9-26-11-22-19-17(20(26)27)25(2)10-21-19/h3-6,10-11,14-15H,7-9H2,1-2H3. The Labute approximate surface area is 160 Å². The molecule has 0 N–H and O–H groups in total. The predicted octanol–water partition coefficient (Wildman–Crippen LogP) is 2.53. The van der Waals surface area contributed by atoms with Crippen LogP contribution in [0.1, 0.15) is 47.5 Å². The molecule has 1 aromatic carbocycles. The fourth-order valence-electron chi connectivity index (χ4n) is 3.85. The summed E-state index contributed by atoms with van der Waals surface area (Å²) < 4.78 is 8.53. The van der Waals surface area contributed by atoms with Crippen molar-refractivity contribution in [3.8, 4) is 0 Å². The highest BCUT2D eigenvalue weighted by Crippen LogP contribution is 2.46. The Morgan fingerprint density at radius 1 is 1.18 bits per heavy atom. The quantitative estimate of drug-likeness (QED) is 0.543. The highest BCUT2D eigenvalue weighted by Gasteiger charge is 2.34. The van der Waals surface area contributed by atoms with Gasteiger partial charge >= 0.3 is 0 Å². The van der Waals surface area contributed by atoms with Crippen molar-refractivity contribution in [3.05, 3.63) is 70.1 Å². The summed E-state index contributed by atoms with van der Waals surface area (Å²) in [4.78, 5) is 25.5. The van der Waals surface area contributed by atoms with Gasteiger partial charge in [-0.15, -0.1) is 0 Å². The topological polar surface area (TPSA) is 91.6 Å². The number of hydrogen-bond acceptors (Lipinski definition) is 6. The predicted molar refractivity (Wildman–Crippen MR) is 102 cm³/mol. The van der Waals surface area contributed by atoms with E-state index in [-0.39, 0.29) is 12.1 Å². The smallest absolute Gasteiger partial charge is 0.280 e. The van der Waals surface area contributed by atoms with Gasteiger partial charge in [0.25, 0.3) is 5.56 Å². The Kier molecular flexibility index (Phi) is 3.85. The van der Waals surface area contributed by atoms with E-state index in [4.69, 9.17) is 4.52 Å². The molecule has 0 amide bonds. The minimum atomic E-state index is -0.173. The molecule has 3 aromatic heterocycles. The van der Waals surface area contributed by atoms with Gasteiger partial charge < -0.3 is 9.09 Å². The number of nitrogens with zero attached hydrogens (tertiary/aromatic N) is 6. The number of rotatable bonds is 4. The van der Waals surface area contributed by atoms with E-state index in [9.17, 15) is 4.79 Å². The third-order valence-corrected chi connectivity index (χ3v) is 5.51. The Morgan fingerprint density at radius 2 is 2.00 bits per heavy atom. The average Bonchev–Trinajstić information content (AvgIpc) is 3.24. The maximum Gasteiger partial charge on any atom is 0.280 e. The van der Waals surface area contributed by atoms with Gasteiger partial charge in [-0.05, 0) is 31.2 Å². The van der Waals surface area contributed by atoms with Crippen molar-refractivity contribution in [1.82, 2.24) is 29.2 Å². The summed E-state index contributed by atoms with van der Waals surface area (Å²) in [6.07, 6.45) is 5.09. The molecule has 4 aromatic rings. The van der Waals surface area contributed by atoms with Gasteiger partial charge in [-0.2, -0.15) is 4.98 Å². The monoisotopic (exact) mass is 376 g/mol. The van der Waals surface area contributed by atoms with Crippen molar-refractivity contribution < 1.29 is 4.52 Å². The van der Waals surface area contributed by atoms with E-state index in [1.165, 1.54) is 22.0 Å². The first kappa shape index (κ1) is 16.9. The highest BCUT2D eigenvalue weighted by molar-refractivity contribution is 5.68. The first-order valence-electron chi connectivity index (χ1n) is 9.34. The molecule has 142 valence electrons. The normalized spacial score (nSPS) is 19.1. The summed E-state index contributed by atoms with van der Waals surface area (Å²) in [6, 6.07) is 8.65. The van der Waals surface area contributed by atoms with Gasteiger partial charge in [-0.1, -0.05) is 35.0 Å². The number of aromatic nitrogens is 6. The lowest BCUT2D eigenvalue weighted by Crippen LogP contribution is -2.23. The average molecular weight is 376 g/mol. The largest absolute Gasteiger partial charge is 0.337 e. The molecule has 28 heavy (non-hydrogen) atoms. The minimum Gasteiger partial charge on any atom is -0.337 e. The number of hydrogen-bond donors (Lipinski definition) is 0. The van der Waals surface area contributed by atoms with E-state index in [0.717, 1.165) is 18.7 Å². The van der Waals surface area contributed by atoms with Crippen LogP contribution in [-0.2, 0) is 13.6 Å². The van der Waals surface area contributed by atoms with Crippen LogP contribution in [0.15, 0.2) is 46.2 Å². The Balaban J connectivity index is 1.31. The molecule has 8 heteroatoms. The number of aryl methyl sites for hydroxylation is 2. The Bertz CT molecular complexity index is 1210. The molecule has 8 nitrogen and oxygen atoms in total. The molecule has 1 fully saturated rings. The van der Waals surface area contributed by atoms with Gasteiger partial charge in [0.05, 0.1) is 6.33 Å². The molecule has 1 aliphatic carbocycles. The summed E-state index contributed by atoms with van der Waals surface area (Å²) >= 11 is 0. The van der Waals surface area contributed by atoms with Crippen molar-refractivity contribution in [2.45, 2.75) is 38.1 Å². The molecule has 1 saturated carbocycles.